The molecule has 2 aromatic carbocycles. The average molecular weight is 367 g/mol. The summed E-state index contributed by atoms with van der Waals surface area (Å²) in [6.07, 6.45) is 0. The molecule has 3 rings (SSSR count). The number of hydrogen-bond donors (Lipinski definition) is 0. The van der Waals surface area contributed by atoms with Crippen molar-refractivity contribution in [3.05, 3.63) is 64.9 Å². The molecule has 2 nitrogen and oxygen atoms in total. The minimum atomic E-state index is -0.518. The Labute approximate surface area is 134 Å². The molecule has 0 fully saturated rings. The highest BCUT2D eigenvalue weighted by Gasteiger charge is 2.10. The Morgan fingerprint density at radius 2 is 1.95 bits per heavy atom. The van der Waals surface area contributed by atoms with Crippen LogP contribution >= 0.6 is 27.5 Å². The first-order valence-electron chi connectivity index (χ1n) is 6.25. The predicted molar refractivity (Wildman–Crippen MR) is 85.9 cm³/mol. The van der Waals surface area contributed by atoms with E-state index in [9.17, 15) is 4.39 Å². The number of benzene rings is 2. The lowest BCUT2D eigenvalue weighted by molar-refractivity contribution is 0.456. The summed E-state index contributed by atoms with van der Waals surface area (Å²) in [6.45, 7) is 0. The summed E-state index contributed by atoms with van der Waals surface area (Å²) >= 11 is 9.08. The summed E-state index contributed by atoms with van der Waals surface area (Å²) in [7, 11) is 0. The fraction of sp³-hybridized carbons (Fsp3) is 0.0625. The van der Waals surface area contributed by atoms with Gasteiger partial charge >= 0.3 is 0 Å². The molecule has 106 valence electrons. The molecule has 0 aliphatic heterocycles. The average Bonchev–Trinajstić information content (AvgIpc) is 2.50. The molecule has 3 aromatic rings. The van der Waals surface area contributed by atoms with Crippen LogP contribution in [-0.2, 0) is 5.33 Å². The normalized spacial score (nSPS) is 10.8. The molecule has 0 bridgehead atoms. The van der Waals surface area contributed by atoms with Gasteiger partial charge in [-0.25, -0.2) is 9.37 Å². The number of alkyl halides is 1. The highest BCUT2D eigenvalue weighted by atomic mass is 79.9. The molecule has 0 saturated heterocycles. The van der Waals surface area contributed by atoms with E-state index in [-0.39, 0.29) is 5.02 Å². The summed E-state index contributed by atoms with van der Waals surface area (Å²) < 4.78 is 19.2. The van der Waals surface area contributed by atoms with Gasteiger partial charge < -0.3 is 4.74 Å². The second-order valence-corrected chi connectivity index (χ2v) is 5.42. The minimum absolute atomic E-state index is 0.0644. The SMILES string of the molecule is Fc1cc(Oc2nc3ccccc3cc2CBr)ccc1Cl. The van der Waals surface area contributed by atoms with Gasteiger partial charge in [-0.05, 0) is 24.3 Å². The number of aromatic nitrogens is 1. The maximum Gasteiger partial charge on any atom is 0.223 e. The van der Waals surface area contributed by atoms with Gasteiger partial charge in [-0.3, -0.25) is 0 Å². The third-order valence-electron chi connectivity index (χ3n) is 3.01. The molecule has 5 heteroatoms. The summed E-state index contributed by atoms with van der Waals surface area (Å²) in [5, 5.41) is 1.69. The topological polar surface area (TPSA) is 22.1 Å². The Balaban J connectivity index is 2.04. The molecule has 0 aliphatic carbocycles. The second-order valence-electron chi connectivity index (χ2n) is 4.46. The van der Waals surface area contributed by atoms with Crippen LogP contribution in [0.1, 0.15) is 5.56 Å². The fourth-order valence-electron chi connectivity index (χ4n) is 1.98. The monoisotopic (exact) mass is 365 g/mol. The molecule has 0 radical (unpaired) electrons. The Morgan fingerprint density at radius 1 is 1.14 bits per heavy atom. The third-order valence-corrected chi connectivity index (χ3v) is 3.92. The van der Waals surface area contributed by atoms with Crippen molar-refractivity contribution in [2.45, 2.75) is 5.33 Å². The number of nitrogens with zero attached hydrogens (tertiary/aromatic N) is 1. The van der Waals surface area contributed by atoms with Crippen molar-refractivity contribution < 1.29 is 9.13 Å². The molecule has 0 N–H and O–H groups in total. The van der Waals surface area contributed by atoms with Crippen LogP contribution in [0.15, 0.2) is 48.5 Å². The Morgan fingerprint density at radius 3 is 2.71 bits per heavy atom. The summed E-state index contributed by atoms with van der Waals surface area (Å²) in [4.78, 5) is 4.49. The Hall–Kier alpha value is -1.65. The van der Waals surface area contributed by atoms with Gasteiger partial charge in [-0.15, -0.1) is 0 Å². The smallest absolute Gasteiger partial charge is 0.223 e. The number of fused-ring (bicyclic) bond motifs is 1. The molecular formula is C16H10BrClFNO. The van der Waals surface area contributed by atoms with Crippen molar-refractivity contribution in [1.82, 2.24) is 4.98 Å². The van der Waals surface area contributed by atoms with E-state index in [0.29, 0.717) is 17.0 Å². The number of rotatable bonds is 3. The molecule has 1 heterocycles. The van der Waals surface area contributed by atoms with E-state index in [1.54, 1.807) is 6.07 Å². The van der Waals surface area contributed by atoms with Crippen molar-refractivity contribution in [2.24, 2.45) is 0 Å². The lowest BCUT2D eigenvalue weighted by Gasteiger charge is -2.10. The molecule has 0 unspecified atom stereocenters. The van der Waals surface area contributed by atoms with E-state index in [0.717, 1.165) is 16.5 Å². The lowest BCUT2D eigenvalue weighted by Crippen LogP contribution is -1.94. The first kappa shape index (κ1) is 14.3. The third kappa shape index (κ3) is 3.01. The maximum atomic E-state index is 13.5. The van der Waals surface area contributed by atoms with Crippen molar-refractivity contribution in [1.29, 1.82) is 0 Å². The van der Waals surface area contributed by atoms with Crippen LogP contribution in [0.5, 0.6) is 11.6 Å². The van der Waals surface area contributed by atoms with Gasteiger partial charge in [0.05, 0.1) is 10.5 Å². The molecule has 0 spiro atoms. The van der Waals surface area contributed by atoms with Gasteiger partial charge in [-0.2, -0.15) is 0 Å². The van der Waals surface area contributed by atoms with Crippen LogP contribution in [0.3, 0.4) is 0 Å². The first-order valence-corrected chi connectivity index (χ1v) is 7.75. The summed E-state index contributed by atoms with van der Waals surface area (Å²) in [6, 6.07) is 14.1. The molecule has 0 saturated carbocycles. The van der Waals surface area contributed by atoms with E-state index in [1.807, 2.05) is 30.3 Å². The van der Waals surface area contributed by atoms with E-state index in [2.05, 4.69) is 20.9 Å². The minimum Gasteiger partial charge on any atom is -0.439 e. The molecule has 1 aromatic heterocycles. The van der Waals surface area contributed by atoms with Crippen molar-refractivity contribution in [3.8, 4) is 11.6 Å². The number of para-hydroxylation sites is 1. The quantitative estimate of drug-likeness (QED) is 0.554. The molecular weight excluding hydrogens is 357 g/mol. The van der Waals surface area contributed by atoms with E-state index in [1.165, 1.54) is 12.1 Å². The molecule has 0 atom stereocenters. The number of ether oxygens (including phenoxy) is 1. The summed E-state index contributed by atoms with van der Waals surface area (Å²) in [5.74, 6) is 0.296. The van der Waals surface area contributed by atoms with Gasteiger partial charge in [-0.1, -0.05) is 45.7 Å². The van der Waals surface area contributed by atoms with Gasteiger partial charge in [0.1, 0.15) is 11.6 Å². The number of halogens is 3. The van der Waals surface area contributed by atoms with Crippen LogP contribution in [0, 0.1) is 5.82 Å². The molecule has 0 aliphatic rings. The maximum absolute atomic E-state index is 13.5. The molecule has 0 amide bonds. The van der Waals surface area contributed by atoms with Crippen LogP contribution in [0.2, 0.25) is 5.02 Å². The van der Waals surface area contributed by atoms with Gasteiger partial charge in [0, 0.05) is 22.3 Å². The van der Waals surface area contributed by atoms with Crippen LogP contribution in [-0.4, -0.2) is 4.98 Å². The highest BCUT2D eigenvalue weighted by molar-refractivity contribution is 9.08. The highest BCUT2D eigenvalue weighted by Crippen LogP contribution is 2.30. The van der Waals surface area contributed by atoms with E-state index < -0.39 is 5.82 Å². The van der Waals surface area contributed by atoms with Crippen LogP contribution in [0.25, 0.3) is 10.9 Å². The Bertz CT molecular complexity index is 809. The van der Waals surface area contributed by atoms with E-state index >= 15 is 0 Å². The zero-order chi connectivity index (χ0) is 14.8. The number of pyridine rings is 1. The van der Waals surface area contributed by atoms with Crippen molar-refractivity contribution in [2.75, 3.05) is 0 Å². The second kappa shape index (κ2) is 6.00. The van der Waals surface area contributed by atoms with E-state index in [4.69, 9.17) is 16.3 Å². The molecule has 21 heavy (non-hydrogen) atoms. The van der Waals surface area contributed by atoms with Gasteiger partial charge in [0.15, 0.2) is 0 Å². The van der Waals surface area contributed by atoms with Gasteiger partial charge in [0.25, 0.3) is 0 Å². The summed E-state index contributed by atoms with van der Waals surface area (Å²) in [5.41, 5.74) is 1.72. The Kier molecular flexibility index (Phi) is 4.08. The van der Waals surface area contributed by atoms with Crippen molar-refractivity contribution >= 4 is 38.4 Å². The largest absolute Gasteiger partial charge is 0.439 e. The zero-order valence-electron chi connectivity index (χ0n) is 10.8. The van der Waals surface area contributed by atoms with Crippen LogP contribution in [0.4, 0.5) is 4.39 Å². The zero-order valence-corrected chi connectivity index (χ0v) is 13.2. The number of hydrogen-bond acceptors (Lipinski definition) is 2. The van der Waals surface area contributed by atoms with Crippen LogP contribution < -0.4 is 4.74 Å². The van der Waals surface area contributed by atoms with Crippen molar-refractivity contribution in [3.63, 3.8) is 0 Å². The lowest BCUT2D eigenvalue weighted by atomic mass is 10.2. The first-order chi connectivity index (χ1) is 10.2. The van der Waals surface area contributed by atoms with Gasteiger partial charge in [0.2, 0.25) is 5.88 Å². The predicted octanol–water partition coefficient (Wildman–Crippen LogP) is 5.71. The standard InChI is InChI=1S/C16H10BrClFNO/c17-9-11-7-10-3-1-2-4-15(10)20-16(11)21-12-5-6-13(18)14(19)8-12/h1-8H,9H2. The fourth-order valence-corrected chi connectivity index (χ4v) is 2.50.